The van der Waals surface area contributed by atoms with Gasteiger partial charge in [0, 0.05) is 19.2 Å². The molecular formula is C17H17F2NO4. The predicted molar refractivity (Wildman–Crippen MR) is 83.5 cm³/mol. The summed E-state index contributed by atoms with van der Waals surface area (Å²) in [4.78, 5) is 13.8. The number of ether oxygens (including phenoxy) is 2. The summed E-state index contributed by atoms with van der Waals surface area (Å²) < 4.78 is 33.7. The standard InChI is InChI=1S/C17H17F2NO4/c1-20(10-11-6-7-15(23-2)14(21)8-11)16(22)12-4-3-5-13(9-12)24-17(18)19/h3-9,17,21H,10H2,1-2H3. The molecule has 0 spiro atoms. The number of hydrogen-bond donors (Lipinski definition) is 1. The molecule has 2 aromatic carbocycles. The van der Waals surface area contributed by atoms with Crippen LogP contribution in [-0.2, 0) is 6.54 Å². The Morgan fingerprint density at radius 2 is 2.00 bits per heavy atom. The Labute approximate surface area is 138 Å². The molecule has 0 saturated heterocycles. The van der Waals surface area contributed by atoms with Crippen molar-refractivity contribution in [2.45, 2.75) is 13.2 Å². The van der Waals surface area contributed by atoms with E-state index in [0.717, 1.165) is 0 Å². The number of phenolic OH excluding ortho intramolecular Hbond substituents is 1. The highest BCUT2D eigenvalue weighted by molar-refractivity contribution is 5.94. The fourth-order valence-corrected chi connectivity index (χ4v) is 2.21. The van der Waals surface area contributed by atoms with Gasteiger partial charge in [0.1, 0.15) is 5.75 Å². The molecule has 2 aromatic rings. The van der Waals surface area contributed by atoms with Gasteiger partial charge in [0.15, 0.2) is 11.5 Å². The monoisotopic (exact) mass is 337 g/mol. The van der Waals surface area contributed by atoms with Crippen LogP contribution in [0.5, 0.6) is 17.2 Å². The van der Waals surface area contributed by atoms with E-state index in [9.17, 15) is 18.7 Å². The number of amides is 1. The van der Waals surface area contributed by atoms with Crippen LogP contribution >= 0.6 is 0 Å². The van der Waals surface area contributed by atoms with Crippen LogP contribution < -0.4 is 9.47 Å². The lowest BCUT2D eigenvalue weighted by atomic mass is 10.1. The maximum Gasteiger partial charge on any atom is 0.387 e. The lowest BCUT2D eigenvalue weighted by Gasteiger charge is -2.18. The van der Waals surface area contributed by atoms with Gasteiger partial charge in [0.25, 0.3) is 5.91 Å². The number of nitrogens with zero attached hydrogens (tertiary/aromatic N) is 1. The molecular weight excluding hydrogens is 320 g/mol. The van der Waals surface area contributed by atoms with E-state index >= 15 is 0 Å². The summed E-state index contributed by atoms with van der Waals surface area (Å²) in [6.45, 7) is -2.72. The quantitative estimate of drug-likeness (QED) is 0.879. The van der Waals surface area contributed by atoms with Crippen molar-refractivity contribution in [1.82, 2.24) is 4.90 Å². The Morgan fingerprint density at radius 3 is 2.62 bits per heavy atom. The Kier molecular flexibility index (Phi) is 5.57. The highest BCUT2D eigenvalue weighted by Gasteiger charge is 2.15. The van der Waals surface area contributed by atoms with Crippen LogP contribution in [0.1, 0.15) is 15.9 Å². The first-order valence-electron chi connectivity index (χ1n) is 7.07. The molecule has 0 atom stereocenters. The molecule has 0 saturated carbocycles. The normalized spacial score (nSPS) is 10.5. The zero-order chi connectivity index (χ0) is 17.7. The second kappa shape index (κ2) is 7.63. The van der Waals surface area contributed by atoms with Gasteiger partial charge < -0.3 is 19.5 Å². The highest BCUT2D eigenvalue weighted by Crippen LogP contribution is 2.27. The number of rotatable bonds is 6. The van der Waals surface area contributed by atoms with Gasteiger partial charge >= 0.3 is 6.61 Å². The molecule has 2 rings (SSSR count). The van der Waals surface area contributed by atoms with Gasteiger partial charge in [-0.05, 0) is 35.9 Å². The number of carbonyl (C=O) groups is 1. The number of carbonyl (C=O) groups excluding carboxylic acids is 1. The van der Waals surface area contributed by atoms with Gasteiger partial charge in [-0.15, -0.1) is 0 Å². The van der Waals surface area contributed by atoms with Crippen molar-refractivity contribution < 1.29 is 28.2 Å². The fourth-order valence-electron chi connectivity index (χ4n) is 2.21. The summed E-state index contributed by atoms with van der Waals surface area (Å²) >= 11 is 0. The van der Waals surface area contributed by atoms with Gasteiger partial charge in [-0.3, -0.25) is 4.79 Å². The number of hydrogen-bond acceptors (Lipinski definition) is 4. The van der Waals surface area contributed by atoms with Crippen molar-refractivity contribution in [3.63, 3.8) is 0 Å². The number of halogens is 2. The maximum atomic E-state index is 12.4. The Balaban J connectivity index is 2.10. The molecule has 0 aliphatic carbocycles. The first-order valence-corrected chi connectivity index (χ1v) is 7.07. The number of aromatic hydroxyl groups is 1. The lowest BCUT2D eigenvalue weighted by Crippen LogP contribution is -2.26. The van der Waals surface area contributed by atoms with E-state index in [2.05, 4.69) is 4.74 Å². The van der Waals surface area contributed by atoms with Gasteiger partial charge in [-0.25, -0.2) is 0 Å². The molecule has 7 heteroatoms. The van der Waals surface area contributed by atoms with Crippen molar-refractivity contribution in [1.29, 1.82) is 0 Å². The van der Waals surface area contributed by atoms with Crippen LogP contribution in [0.25, 0.3) is 0 Å². The third-order valence-electron chi connectivity index (χ3n) is 3.32. The molecule has 1 amide bonds. The van der Waals surface area contributed by atoms with Crippen LogP contribution in [0.2, 0.25) is 0 Å². The summed E-state index contributed by atoms with van der Waals surface area (Å²) in [5.41, 5.74) is 0.928. The molecule has 0 unspecified atom stereocenters. The van der Waals surface area contributed by atoms with Gasteiger partial charge in [-0.2, -0.15) is 8.78 Å². The molecule has 0 fully saturated rings. The Morgan fingerprint density at radius 1 is 1.25 bits per heavy atom. The van der Waals surface area contributed by atoms with Crippen LogP contribution in [0, 0.1) is 0 Å². The second-order valence-corrected chi connectivity index (χ2v) is 5.07. The van der Waals surface area contributed by atoms with E-state index in [1.165, 1.54) is 42.3 Å². The molecule has 128 valence electrons. The second-order valence-electron chi connectivity index (χ2n) is 5.07. The maximum absolute atomic E-state index is 12.4. The van der Waals surface area contributed by atoms with Crippen molar-refractivity contribution in [2.75, 3.05) is 14.2 Å². The summed E-state index contributed by atoms with van der Waals surface area (Å²) in [7, 11) is 3.02. The van der Waals surface area contributed by atoms with Gasteiger partial charge in [0.05, 0.1) is 7.11 Å². The molecule has 5 nitrogen and oxygen atoms in total. The van der Waals surface area contributed by atoms with E-state index < -0.39 is 6.61 Å². The summed E-state index contributed by atoms with van der Waals surface area (Å²) in [6, 6.07) is 10.4. The van der Waals surface area contributed by atoms with E-state index in [1.807, 2.05) is 0 Å². The Bertz CT molecular complexity index is 721. The van der Waals surface area contributed by atoms with Crippen molar-refractivity contribution in [3.8, 4) is 17.2 Å². The molecule has 0 aliphatic rings. The van der Waals surface area contributed by atoms with Crippen molar-refractivity contribution >= 4 is 5.91 Å². The highest BCUT2D eigenvalue weighted by atomic mass is 19.3. The molecule has 24 heavy (non-hydrogen) atoms. The van der Waals surface area contributed by atoms with E-state index in [4.69, 9.17) is 4.74 Å². The number of phenols is 1. The smallest absolute Gasteiger partial charge is 0.387 e. The topological polar surface area (TPSA) is 59.0 Å². The minimum absolute atomic E-state index is 0.0248. The fraction of sp³-hybridized carbons (Fsp3) is 0.235. The van der Waals surface area contributed by atoms with E-state index in [0.29, 0.717) is 11.3 Å². The van der Waals surface area contributed by atoms with Gasteiger partial charge in [0.2, 0.25) is 0 Å². The zero-order valence-electron chi connectivity index (χ0n) is 13.2. The number of benzene rings is 2. The van der Waals surface area contributed by atoms with Crippen LogP contribution in [-0.4, -0.2) is 36.7 Å². The van der Waals surface area contributed by atoms with Crippen molar-refractivity contribution in [3.05, 3.63) is 53.6 Å². The SMILES string of the molecule is COc1ccc(CN(C)C(=O)c2cccc(OC(F)F)c2)cc1O. The molecule has 0 aromatic heterocycles. The minimum Gasteiger partial charge on any atom is -0.504 e. The van der Waals surface area contributed by atoms with Crippen LogP contribution in [0.3, 0.4) is 0 Å². The summed E-state index contributed by atoms with van der Waals surface area (Å²) in [5, 5.41) is 9.76. The Hall–Kier alpha value is -2.83. The molecule has 0 radical (unpaired) electrons. The molecule has 0 aliphatic heterocycles. The minimum atomic E-state index is -2.95. The predicted octanol–water partition coefficient (Wildman–Crippen LogP) is 3.27. The third kappa shape index (κ3) is 4.34. The first-order chi connectivity index (χ1) is 11.4. The average Bonchev–Trinajstić information content (AvgIpc) is 2.54. The average molecular weight is 337 g/mol. The van der Waals surface area contributed by atoms with Gasteiger partial charge in [-0.1, -0.05) is 12.1 Å². The molecule has 1 N–H and O–H groups in total. The molecule has 0 heterocycles. The zero-order valence-corrected chi connectivity index (χ0v) is 13.2. The molecule has 0 bridgehead atoms. The van der Waals surface area contributed by atoms with Crippen LogP contribution in [0.15, 0.2) is 42.5 Å². The number of alkyl halides is 2. The third-order valence-corrected chi connectivity index (χ3v) is 3.32. The number of methoxy groups -OCH3 is 1. The van der Waals surface area contributed by atoms with E-state index in [-0.39, 0.29) is 29.5 Å². The summed E-state index contributed by atoms with van der Waals surface area (Å²) in [5.74, 6) is -0.121. The van der Waals surface area contributed by atoms with Crippen LogP contribution in [0.4, 0.5) is 8.78 Å². The van der Waals surface area contributed by atoms with E-state index in [1.54, 1.807) is 19.2 Å². The van der Waals surface area contributed by atoms with Crippen molar-refractivity contribution in [2.24, 2.45) is 0 Å². The lowest BCUT2D eigenvalue weighted by molar-refractivity contribution is -0.0499. The largest absolute Gasteiger partial charge is 0.504 e. The summed E-state index contributed by atoms with van der Waals surface area (Å²) in [6.07, 6.45) is 0. The first kappa shape index (κ1) is 17.5.